The molecule has 1 rings (SSSR count). The third-order valence-corrected chi connectivity index (χ3v) is 2.02. The highest BCUT2D eigenvalue weighted by Gasteiger charge is 2.22. The first-order valence-electron chi connectivity index (χ1n) is 3.77. The van der Waals surface area contributed by atoms with Crippen LogP contribution in [0.5, 0.6) is 5.75 Å². The van der Waals surface area contributed by atoms with E-state index in [4.69, 9.17) is 16.7 Å². The van der Waals surface area contributed by atoms with Crippen LogP contribution in [0.25, 0.3) is 0 Å². The second-order valence-electron chi connectivity index (χ2n) is 2.62. The van der Waals surface area contributed by atoms with Gasteiger partial charge in [0.2, 0.25) is 0 Å². The van der Waals surface area contributed by atoms with Gasteiger partial charge < -0.3 is 10.2 Å². The molecule has 15 heavy (non-hydrogen) atoms. The van der Waals surface area contributed by atoms with Crippen LogP contribution in [-0.2, 0) is 5.88 Å². The lowest BCUT2D eigenvalue weighted by Crippen LogP contribution is -2.05. The zero-order chi connectivity index (χ0) is 11.6. The largest absolute Gasteiger partial charge is 0.505 e. The standard InChI is InChI=1S/C8H6ClF2NO3/c9-1-3-4(8(14)15)2-12-5(6(3)13)7(10)11/h2,7,13H,1H2,(H,14,15). The van der Waals surface area contributed by atoms with E-state index in [-0.39, 0.29) is 17.0 Å². The highest BCUT2D eigenvalue weighted by Crippen LogP contribution is 2.32. The maximum Gasteiger partial charge on any atom is 0.337 e. The first-order chi connectivity index (χ1) is 6.99. The van der Waals surface area contributed by atoms with Crippen molar-refractivity contribution in [2.24, 2.45) is 0 Å². The summed E-state index contributed by atoms with van der Waals surface area (Å²) in [5, 5.41) is 18.0. The van der Waals surface area contributed by atoms with E-state index < -0.39 is 23.8 Å². The molecular weight excluding hydrogens is 232 g/mol. The van der Waals surface area contributed by atoms with Gasteiger partial charge >= 0.3 is 5.97 Å². The number of rotatable bonds is 3. The normalized spacial score (nSPS) is 10.7. The topological polar surface area (TPSA) is 70.4 Å². The van der Waals surface area contributed by atoms with Crippen molar-refractivity contribution >= 4 is 17.6 Å². The van der Waals surface area contributed by atoms with E-state index in [0.717, 1.165) is 6.20 Å². The number of hydrogen-bond acceptors (Lipinski definition) is 3. The lowest BCUT2D eigenvalue weighted by molar-refractivity contribution is 0.0693. The molecule has 0 spiro atoms. The van der Waals surface area contributed by atoms with Gasteiger partial charge in [-0.25, -0.2) is 13.6 Å². The second kappa shape index (κ2) is 4.39. The molecule has 0 atom stereocenters. The zero-order valence-electron chi connectivity index (χ0n) is 7.25. The lowest BCUT2D eigenvalue weighted by Gasteiger charge is -2.08. The lowest BCUT2D eigenvalue weighted by atomic mass is 10.1. The number of carboxylic acid groups (broad SMARTS) is 1. The third kappa shape index (κ3) is 2.15. The molecule has 4 nitrogen and oxygen atoms in total. The number of halogens is 3. The monoisotopic (exact) mass is 237 g/mol. The smallest absolute Gasteiger partial charge is 0.337 e. The summed E-state index contributed by atoms with van der Waals surface area (Å²) in [5.41, 5.74) is -1.50. The summed E-state index contributed by atoms with van der Waals surface area (Å²) in [6.07, 6.45) is -2.23. The Morgan fingerprint density at radius 3 is 2.60 bits per heavy atom. The minimum atomic E-state index is -2.98. The number of aromatic nitrogens is 1. The Bertz CT molecular complexity index is 398. The van der Waals surface area contributed by atoms with Crippen LogP contribution >= 0.6 is 11.6 Å². The van der Waals surface area contributed by atoms with Crippen LogP contribution in [0, 0.1) is 0 Å². The van der Waals surface area contributed by atoms with Gasteiger partial charge in [-0.05, 0) is 0 Å². The molecule has 0 unspecified atom stereocenters. The van der Waals surface area contributed by atoms with E-state index in [2.05, 4.69) is 4.98 Å². The van der Waals surface area contributed by atoms with Crippen molar-refractivity contribution in [1.29, 1.82) is 0 Å². The quantitative estimate of drug-likeness (QED) is 0.791. The Labute approximate surface area is 88.1 Å². The zero-order valence-corrected chi connectivity index (χ0v) is 8.00. The van der Waals surface area contributed by atoms with Gasteiger partial charge in [-0.2, -0.15) is 0 Å². The van der Waals surface area contributed by atoms with E-state index in [1.165, 1.54) is 0 Å². The van der Waals surface area contributed by atoms with Crippen LogP contribution in [0.3, 0.4) is 0 Å². The number of pyridine rings is 1. The molecule has 1 heterocycles. The predicted octanol–water partition coefficient (Wildman–Crippen LogP) is 2.16. The van der Waals surface area contributed by atoms with Crippen molar-refractivity contribution < 1.29 is 23.8 Å². The van der Waals surface area contributed by atoms with E-state index in [1.54, 1.807) is 0 Å². The Morgan fingerprint density at radius 1 is 1.60 bits per heavy atom. The fourth-order valence-corrected chi connectivity index (χ4v) is 1.31. The number of hydrogen-bond donors (Lipinski definition) is 2. The molecule has 0 aromatic carbocycles. The summed E-state index contributed by atoms with van der Waals surface area (Å²) in [7, 11) is 0. The third-order valence-electron chi connectivity index (χ3n) is 1.76. The van der Waals surface area contributed by atoms with Crippen molar-refractivity contribution in [3.05, 3.63) is 23.0 Å². The van der Waals surface area contributed by atoms with Crippen LogP contribution < -0.4 is 0 Å². The van der Waals surface area contributed by atoms with Crippen LogP contribution in [0.4, 0.5) is 8.78 Å². The van der Waals surface area contributed by atoms with Gasteiger partial charge in [-0.15, -0.1) is 11.6 Å². The summed E-state index contributed by atoms with van der Waals surface area (Å²) in [6, 6.07) is 0. The van der Waals surface area contributed by atoms with Crippen molar-refractivity contribution in [2.45, 2.75) is 12.3 Å². The molecule has 2 N–H and O–H groups in total. The van der Waals surface area contributed by atoms with Gasteiger partial charge in [0.05, 0.1) is 11.4 Å². The number of carboxylic acids is 1. The molecule has 0 saturated carbocycles. The van der Waals surface area contributed by atoms with Crippen LogP contribution in [0.2, 0.25) is 0 Å². The summed E-state index contributed by atoms with van der Waals surface area (Å²) in [6.45, 7) is 0. The first kappa shape index (κ1) is 11.6. The summed E-state index contributed by atoms with van der Waals surface area (Å²) >= 11 is 5.36. The van der Waals surface area contributed by atoms with Crippen molar-refractivity contribution in [2.75, 3.05) is 0 Å². The van der Waals surface area contributed by atoms with E-state index in [0.29, 0.717) is 0 Å². The van der Waals surface area contributed by atoms with Gasteiger partial charge in [0.1, 0.15) is 11.4 Å². The van der Waals surface area contributed by atoms with Crippen LogP contribution in [-0.4, -0.2) is 21.2 Å². The van der Waals surface area contributed by atoms with Crippen LogP contribution in [0.15, 0.2) is 6.20 Å². The van der Waals surface area contributed by atoms with Gasteiger partial charge in [0, 0.05) is 11.8 Å². The van der Waals surface area contributed by atoms with E-state index in [1.807, 2.05) is 0 Å². The Hall–Kier alpha value is -1.43. The number of nitrogens with zero attached hydrogens (tertiary/aromatic N) is 1. The molecule has 7 heteroatoms. The van der Waals surface area contributed by atoms with Crippen molar-refractivity contribution in [3.63, 3.8) is 0 Å². The highest BCUT2D eigenvalue weighted by atomic mass is 35.5. The highest BCUT2D eigenvalue weighted by molar-refractivity contribution is 6.17. The van der Waals surface area contributed by atoms with Crippen LogP contribution in [0.1, 0.15) is 28.0 Å². The minimum Gasteiger partial charge on any atom is -0.505 e. The molecular formula is C8H6ClF2NO3. The number of alkyl halides is 3. The summed E-state index contributed by atoms with van der Waals surface area (Å²) in [4.78, 5) is 13.8. The fourth-order valence-electron chi connectivity index (χ4n) is 1.03. The number of aromatic carboxylic acids is 1. The molecule has 0 radical (unpaired) electrons. The molecule has 0 aliphatic rings. The van der Waals surface area contributed by atoms with Crippen molar-refractivity contribution in [3.8, 4) is 5.75 Å². The maximum atomic E-state index is 12.3. The van der Waals surface area contributed by atoms with E-state index in [9.17, 15) is 18.7 Å². The minimum absolute atomic E-state index is 0.255. The maximum absolute atomic E-state index is 12.3. The Kier molecular flexibility index (Phi) is 3.41. The van der Waals surface area contributed by atoms with Gasteiger partial charge in [-0.3, -0.25) is 4.98 Å². The molecule has 0 amide bonds. The molecule has 0 saturated heterocycles. The average molecular weight is 238 g/mol. The Morgan fingerprint density at radius 2 is 2.20 bits per heavy atom. The second-order valence-corrected chi connectivity index (χ2v) is 2.89. The molecule has 0 aliphatic heterocycles. The molecule has 1 aromatic rings. The number of carbonyl (C=O) groups is 1. The van der Waals surface area contributed by atoms with E-state index >= 15 is 0 Å². The van der Waals surface area contributed by atoms with Crippen molar-refractivity contribution in [1.82, 2.24) is 4.98 Å². The van der Waals surface area contributed by atoms with Gasteiger partial charge in [-0.1, -0.05) is 0 Å². The summed E-state index contributed by atoms with van der Waals surface area (Å²) < 4.78 is 24.5. The average Bonchev–Trinajstić information content (AvgIpc) is 2.16. The molecule has 1 aromatic heterocycles. The molecule has 0 aliphatic carbocycles. The first-order valence-corrected chi connectivity index (χ1v) is 4.30. The predicted molar refractivity (Wildman–Crippen MR) is 47.4 cm³/mol. The van der Waals surface area contributed by atoms with Gasteiger partial charge in [0.25, 0.3) is 6.43 Å². The molecule has 0 bridgehead atoms. The number of aromatic hydroxyl groups is 1. The fraction of sp³-hybridized carbons (Fsp3) is 0.250. The molecule has 82 valence electrons. The van der Waals surface area contributed by atoms with Gasteiger partial charge in [0.15, 0.2) is 0 Å². The SMILES string of the molecule is O=C(O)c1cnc(C(F)F)c(O)c1CCl. The molecule has 0 fully saturated rings. The Balaban J connectivity index is 3.39. The summed E-state index contributed by atoms with van der Waals surface area (Å²) in [5.74, 6) is -2.62.